The molecule has 0 N–H and O–H groups in total. The summed E-state index contributed by atoms with van der Waals surface area (Å²) in [6.45, 7) is 8.41. The molecule has 0 amide bonds. The Kier molecular flexibility index (Phi) is 8.72. The highest BCUT2D eigenvalue weighted by molar-refractivity contribution is 7.00. The van der Waals surface area contributed by atoms with E-state index >= 15 is 0 Å². The molecule has 0 heterocycles. The molecule has 0 aliphatic carbocycles. The first-order chi connectivity index (χ1) is 13.7. The molecule has 0 unspecified atom stereocenters. The SMILES string of the molecule is CO[Si](OC)(OC)O[Si](O[Si](C)(C)O[SiH](C)C)(c1ccccc1)c1ccccc1. The minimum Gasteiger partial charge on any atom is -0.440 e. The van der Waals surface area contributed by atoms with Gasteiger partial charge < -0.3 is 25.6 Å². The van der Waals surface area contributed by atoms with Crippen LogP contribution in [0.4, 0.5) is 0 Å². The molecule has 160 valence electrons. The zero-order valence-corrected chi connectivity index (χ0v) is 22.5. The average molecular weight is 469 g/mol. The van der Waals surface area contributed by atoms with E-state index in [4.69, 9.17) is 25.6 Å². The maximum Gasteiger partial charge on any atom is 0.670 e. The van der Waals surface area contributed by atoms with Crippen molar-refractivity contribution >= 4 is 45.6 Å². The zero-order valence-electron chi connectivity index (χ0n) is 18.3. The minimum atomic E-state index is -3.44. The lowest BCUT2D eigenvalue weighted by Gasteiger charge is -2.41. The molecular formula is C19H32O6Si4. The van der Waals surface area contributed by atoms with Gasteiger partial charge in [0.1, 0.15) is 0 Å². The Morgan fingerprint density at radius 3 is 1.41 bits per heavy atom. The Balaban J connectivity index is 2.72. The summed E-state index contributed by atoms with van der Waals surface area (Å²) < 4.78 is 36.9. The molecule has 10 heteroatoms. The molecule has 0 bridgehead atoms. The van der Waals surface area contributed by atoms with E-state index in [1.165, 1.54) is 21.3 Å². The standard InChI is InChI=1S/C19H32O6Si4/c1-20-29(21-2,22-3)25-28(18-14-10-8-11-15-18,19-16-12-9-13-17-19)24-27(6,7)23-26(4)5/h8-17,26H,1-7H3. The molecule has 0 saturated carbocycles. The van der Waals surface area contributed by atoms with Crippen molar-refractivity contribution < 1.29 is 25.6 Å². The largest absolute Gasteiger partial charge is 0.670 e. The Bertz CT molecular complexity index is 693. The molecule has 0 saturated heterocycles. The summed E-state index contributed by atoms with van der Waals surface area (Å²) in [5, 5.41) is 1.90. The van der Waals surface area contributed by atoms with Crippen LogP contribution in [0.25, 0.3) is 0 Å². The zero-order chi connectivity index (χ0) is 21.5. The topological polar surface area (TPSA) is 55.4 Å². The fraction of sp³-hybridized carbons (Fsp3) is 0.368. The quantitative estimate of drug-likeness (QED) is 0.472. The molecule has 6 nitrogen and oxygen atoms in total. The second-order valence-corrected chi connectivity index (χ2v) is 19.3. The molecule has 2 aromatic rings. The Labute approximate surface area is 179 Å². The van der Waals surface area contributed by atoms with Crippen LogP contribution < -0.4 is 10.4 Å². The van der Waals surface area contributed by atoms with E-state index in [0.29, 0.717) is 0 Å². The highest BCUT2D eigenvalue weighted by Gasteiger charge is 2.57. The summed E-state index contributed by atoms with van der Waals surface area (Å²) in [5.41, 5.74) is 0. The van der Waals surface area contributed by atoms with E-state index in [0.717, 1.165) is 10.4 Å². The van der Waals surface area contributed by atoms with Gasteiger partial charge in [-0.3, -0.25) is 0 Å². The lowest BCUT2D eigenvalue weighted by Crippen LogP contribution is -2.72. The van der Waals surface area contributed by atoms with Crippen molar-refractivity contribution in [2.24, 2.45) is 0 Å². The van der Waals surface area contributed by atoms with Gasteiger partial charge in [0.05, 0.1) is 0 Å². The number of hydrogen-bond acceptors (Lipinski definition) is 6. The van der Waals surface area contributed by atoms with E-state index in [1.807, 2.05) is 60.7 Å². The highest BCUT2D eigenvalue weighted by atomic mass is 28.5. The van der Waals surface area contributed by atoms with Crippen LogP contribution >= 0.6 is 0 Å². The number of rotatable bonds is 11. The third kappa shape index (κ3) is 6.04. The Hall–Kier alpha value is -0.932. The predicted octanol–water partition coefficient (Wildman–Crippen LogP) is 2.35. The maximum atomic E-state index is 6.93. The van der Waals surface area contributed by atoms with E-state index in [9.17, 15) is 0 Å². The Morgan fingerprint density at radius 1 is 0.655 bits per heavy atom. The monoisotopic (exact) mass is 468 g/mol. The molecule has 2 aromatic carbocycles. The summed E-state index contributed by atoms with van der Waals surface area (Å²) in [5.74, 6) is 0. The molecule has 0 atom stereocenters. The van der Waals surface area contributed by atoms with E-state index in [2.05, 4.69) is 26.2 Å². The van der Waals surface area contributed by atoms with Crippen molar-refractivity contribution in [2.45, 2.75) is 26.2 Å². The van der Waals surface area contributed by atoms with Crippen molar-refractivity contribution in [3.63, 3.8) is 0 Å². The van der Waals surface area contributed by atoms with Crippen molar-refractivity contribution in [3.05, 3.63) is 60.7 Å². The third-order valence-electron chi connectivity index (χ3n) is 4.24. The lowest BCUT2D eigenvalue weighted by molar-refractivity contribution is 0.0425. The van der Waals surface area contributed by atoms with Crippen molar-refractivity contribution in [3.8, 4) is 0 Å². The first-order valence-corrected chi connectivity index (χ1v) is 18.6. The predicted molar refractivity (Wildman–Crippen MR) is 124 cm³/mol. The van der Waals surface area contributed by atoms with Gasteiger partial charge in [0, 0.05) is 21.3 Å². The van der Waals surface area contributed by atoms with E-state index in [-0.39, 0.29) is 0 Å². The van der Waals surface area contributed by atoms with Crippen LogP contribution in [-0.2, 0) is 25.6 Å². The second kappa shape index (κ2) is 10.4. The van der Waals surface area contributed by atoms with Gasteiger partial charge in [-0.15, -0.1) is 0 Å². The van der Waals surface area contributed by atoms with Crippen LogP contribution in [0, 0.1) is 0 Å². The number of hydrogen-bond donors (Lipinski definition) is 0. The fourth-order valence-electron chi connectivity index (χ4n) is 3.23. The van der Waals surface area contributed by atoms with Crippen molar-refractivity contribution in [1.29, 1.82) is 0 Å². The Morgan fingerprint density at radius 2 is 1.07 bits per heavy atom. The van der Waals surface area contributed by atoms with Gasteiger partial charge in [-0.2, -0.15) is 0 Å². The summed E-state index contributed by atoms with van der Waals surface area (Å²) in [6.07, 6.45) is 0. The molecule has 0 aliphatic rings. The third-order valence-corrected chi connectivity index (χ3v) is 17.3. The molecule has 0 fully saturated rings. The molecule has 2 rings (SSSR count). The minimum absolute atomic E-state index is 0.948. The van der Waals surface area contributed by atoms with Gasteiger partial charge in [0.25, 0.3) is 0 Å². The van der Waals surface area contributed by atoms with Crippen LogP contribution in [0.2, 0.25) is 26.2 Å². The van der Waals surface area contributed by atoms with Gasteiger partial charge in [0.15, 0.2) is 9.04 Å². The van der Waals surface area contributed by atoms with E-state index < -0.39 is 35.2 Å². The smallest absolute Gasteiger partial charge is 0.440 e. The van der Waals surface area contributed by atoms with Gasteiger partial charge in [-0.25, -0.2) is 0 Å². The number of benzene rings is 2. The van der Waals surface area contributed by atoms with Crippen LogP contribution in [-0.4, -0.2) is 56.5 Å². The van der Waals surface area contributed by atoms with Crippen LogP contribution in [0.3, 0.4) is 0 Å². The maximum absolute atomic E-state index is 6.93. The summed E-state index contributed by atoms with van der Waals surface area (Å²) in [7, 11) is -6.02. The summed E-state index contributed by atoms with van der Waals surface area (Å²) in [6, 6.07) is 20.0. The molecular weight excluding hydrogens is 437 g/mol. The van der Waals surface area contributed by atoms with E-state index in [1.54, 1.807) is 0 Å². The summed E-state index contributed by atoms with van der Waals surface area (Å²) in [4.78, 5) is 0. The second-order valence-electron chi connectivity index (χ2n) is 7.23. The van der Waals surface area contributed by atoms with Crippen LogP contribution in [0.15, 0.2) is 60.7 Å². The first-order valence-electron chi connectivity index (χ1n) is 9.57. The van der Waals surface area contributed by atoms with Gasteiger partial charge >= 0.3 is 26.2 Å². The molecule has 0 aliphatic heterocycles. The average Bonchev–Trinajstić information content (AvgIpc) is 2.71. The van der Waals surface area contributed by atoms with Crippen LogP contribution in [0.5, 0.6) is 0 Å². The molecule has 0 spiro atoms. The summed E-state index contributed by atoms with van der Waals surface area (Å²) >= 11 is 0. The molecule has 0 aromatic heterocycles. The van der Waals surface area contributed by atoms with Crippen molar-refractivity contribution in [1.82, 2.24) is 0 Å². The fourth-order valence-corrected chi connectivity index (χ4v) is 18.1. The highest BCUT2D eigenvalue weighted by Crippen LogP contribution is 2.23. The lowest BCUT2D eigenvalue weighted by atomic mass is 10.4. The normalized spacial score (nSPS) is 13.1. The van der Waals surface area contributed by atoms with Gasteiger partial charge in [-0.1, -0.05) is 60.7 Å². The molecule has 0 radical (unpaired) electrons. The molecule has 29 heavy (non-hydrogen) atoms. The van der Waals surface area contributed by atoms with Gasteiger partial charge in [-0.05, 0) is 36.6 Å². The van der Waals surface area contributed by atoms with Gasteiger partial charge in [0.2, 0.25) is 0 Å². The van der Waals surface area contributed by atoms with Crippen LogP contribution in [0.1, 0.15) is 0 Å². The first kappa shape index (κ1) is 24.3. The van der Waals surface area contributed by atoms with Crippen molar-refractivity contribution in [2.75, 3.05) is 21.3 Å².